The Kier molecular flexibility index (Phi) is 3.75. The molecule has 11 heteroatoms. The summed E-state index contributed by atoms with van der Waals surface area (Å²) in [6.07, 6.45) is 1.000. The van der Waals surface area contributed by atoms with Crippen molar-refractivity contribution in [3.05, 3.63) is 36.5 Å². The normalized spacial score (nSPS) is 11.6. The van der Waals surface area contributed by atoms with Gasteiger partial charge in [-0.3, -0.25) is 19.4 Å². The lowest BCUT2D eigenvalue weighted by molar-refractivity contribution is -0.141. The molecule has 0 atom stereocenters. The van der Waals surface area contributed by atoms with Crippen molar-refractivity contribution in [2.75, 3.05) is 5.32 Å². The third-order valence-corrected chi connectivity index (χ3v) is 3.03. The number of pyridine rings is 1. The molecule has 0 aliphatic rings. The molecular weight excluding hydrogens is 327 g/mol. The molecule has 3 rings (SSSR count). The van der Waals surface area contributed by atoms with Crippen LogP contribution >= 0.6 is 0 Å². The van der Waals surface area contributed by atoms with E-state index in [4.69, 9.17) is 5.73 Å². The predicted octanol–water partition coefficient (Wildman–Crippen LogP) is 1.63. The minimum atomic E-state index is -4.49. The van der Waals surface area contributed by atoms with E-state index < -0.39 is 18.6 Å². The topological polar surface area (TPSA) is 112 Å². The number of anilines is 2. The van der Waals surface area contributed by atoms with Crippen LogP contribution in [0.2, 0.25) is 0 Å². The van der Waals surface area contributed by atoms with Crippen LogP contribution in [0.5, 0.6) is 0 Å². The lowest BCUT2D eigenvalue weighted by Gasteiger charge is -2.07. The van der Waals surface area contributed by atoms with Gasteiger partial charge in [0, 0.05) is 18.6 Å². The molecule has 1 amide bonds. The fourth-order valence-corrected chi connectivity index (χ4v) is 2.07. The van der Waals surface area contributed by atoms with Crippen molar-refractivity contribution in [3.8, 4) is 0 Å². The van der Waals surface area contributed by atoms with Crippen LogP contribution in [-0.4, -0.2) is 36.8 Å². The zero-order valence-electron chi connectivity index (χ0n) is 11.9. The molecular formula is C13H10F3N7O. The van der Waals surface area contributed by atoms with Crippen molar-refractivity contribution in [1.29, 1.82) is 0 Å². The Morgan fingerprint density at radius 1 is 1.25 bits per heavy atom. The second kappa shape index (κ2) is 5.76. The van der Waals surface area contributed by atoms with Crippen molar-refractivity contribution in [3.63, 3.8) is 0 Å². The van der Waals surface area contributed by atoms with Crippen LogP contribution in [0.3, 0.4) is 0 Å². The van der Waals surface area contributed by atoms with Crippen molar-refractivity contribution in [2.24, 2.45) is 5.73 Å². The number of carbonyl (C=O) groups is 1. The second-order valence-corrected chi connectivity index (χ2v) is 4.79. The fraction of sp³-hybridized carbons (Fsp3) is 0.154. The average molecular weight is 337 g/mol. The zero-order valence-corrected chi connectivity index (χ0v) is 11.9. The summed E-state index contributed by atoms with van der Waals surface area (Å²) < 4.78 is 39.0. The van der Waals surface area contributed by atoms with Crippen LogP contribution < -0.4 is 11.1 Å². The predicted molar refractivity (Wildman–Crippen MR) is 77.4 cm³/mol. The number of nitrogens with one attached hydrogen (secondary N) is 1. The van der Waals surface area contributed by atoms with Crippen LogP contribution in [0.25, 0.3) is 10.9 Å². The number of rotatable bonds is 4. The maximum absolute atomic E-state index is 12.8. The monoisotopic (exact) mass is 337 g/mol. The van der Waals surface area contributed by atoms with Gasteiger partial charge in [-0.1, -0.05) is 0 Å². The van der Waals surface area contributed by atoms with Gasteiger partial charge in [-0.05, 0) is 6.07 Å². The summed E-state index contributed by atoms with van der Waals surface area (Å²) in [6, 6.07) is 1.16. The minimum Gasteiger partial charge on any atom is -0.364 e. The number of hydrogen-bond acceptors (Lipinski definition) is 6. The zero-order chi connectivity index (χ0) is 17.3. The van der Waals surface area contributed by atoms with E-state index in [-0.39, 0.29) is 22.4 Å². The Hall–Kier alpha value is -3.24. The van der Waals surface area contributed by atoms with Crippen molar-refractivity contribution < 1.29 is 18.0 Å². The Labute approximate surface area is 132 Å². The number of halogens is 3. The molecule has 3 N–H and O–H groups in total. The van der Waals surface area contributed by atoms with Crippen LogP contribution in [0.4, 0.5) is 24.8 Å². The third-order valence-electron chi connectivity index (χ3n) is 3.03. The maximum atomic E-state index is 12.8. The standard InChI is InChI=1S/C13H10F3N7O/c14-13(15,16)6-23-9-3-8(11(17)24)20-4-7(9)12(22-23)21-10-5-18-1-2-19-10/h1-5H,6H2,(H2,17,24)(H,19,21,22). The van der Waals surface area contributed by atoms with Gasteiger partial charge < -0.3 is 11.1 Å². The van der Waals surface area contributed by atoms with Gasteiger partial charge in [-0.2, -0.15) is 18.3 Å². The number of hydrogen-bond donors (Lipinski definition) is 2. The highest BCUT2D eigenvalue weighted by Gasteiger charge is 2.30. The highest BCUT2D eigenvalue weighted by Crippen LogP contribution is 2.27. The Bertz CT molecular complexity index is 892. The van der Waals surface area contributed by atoms with E-state index >= 15 is 0 Å². The van der Waals surface area contributed by atoms with Crippen LogP contribution in [0.15, 0.2) is 30.9 Å². The fourth-order valence-electron chi connectivity index (χ4n) is 2.07. The third kappa shape index (κ3) is 3.24. The SMILES string of the molecule is NC(=O)c1cc2c(cn1)c(Nc1cnccn1)nn2CC(F)(F)F. The number of aromatic nitrogens is 5. The van der Waals surface area contributed by atoms with E-state index in [1.54, 1.807) is 0 Å². The van der Waals surface area contributed by atoms with Gasteiger partial charge >= 0.3 is 6.18 Å². The molecule has 0 unspecified atom stereocenters. The number of fused-ring (bicyclic) bond motifs is 1. The molecule has 124 valence electrons. The smallest absolute Gasteiger partial charge is 0.364 e. The molecule has 0 aliphatic carbocycles. The molecule has 0 saturated heterocycles. The molecule has 24 heavy (non-hydrogen) atoms. The maximum Gasteiger partial charge on any atom is 0.408 e. The quantitative estimate of drug-likeness (QED) is 0.748. The molecule has 0 saturated carbocycles. The van der Waals surface area contributed by atoms with Gasteiger partial charge in [0.1, 0.15) is 18.1 Å². The van der Waals surface area contributed by atoms with Gasteiger partial charge in [-0.25, -0.2) is 4.98 Å². The van der Waals surface area contributed by atoms with Crippen molar-refractivity contribution in [1.82, 2.24) is 24.7 Å². The Morgan fingerprint density at radius 3 is 2.67 bits per heavy atom. The van der Waals surface area contributed by atoms with Gasteiger partial charge in [0.25, 0.3) is 5.91 Å². The lowest BCUT2D eigenvalue weighted by Crippen LogP contribution is -2.19. The van der Waals surface area contributed by atoms with Crippen LogP contribution in [0, 0.1) is 0 Å². The summed E-state index contributed by atoms with van der Waals surface area (Å²) in [5.41, 5.74) is 5.04. The molecule has 3 aromatic heterocycles. The number of primary amides is 1. The largest absolute Gasteiger partial charge is 0.408 e. The van der Waals surface area contributed by atoms with E-state index in [1.165, 1.54) is 24.8 Å². The van der Waals surface area contributed by atoms with E-state index in [9.17, 15) is 18.0 Å². The van der Waals surface area contributed by atoms with Gasteiger partial charge in [0.15, 0.2) is 5.82 Å². The Morgan fingerprint density at radius 2 is 2.04 bits per heavy atom. The van der Waals surface area contributed by atoms with Gasteiger partial charge in [-0.15, -0.1) is 0 Å². The summed E-state index contributed by atoms with van der Waals surface area (Å²) in [5.74, 6) is -0.437. The lowest BCUT2D eigenvalue weighted by atomic mass is 10.2. The molecule has 0 bridgehead atoms. The van der Waals surface area contributed by atoms with Crippen molar-refractivity contribution >= 4 is 28.4 Å². The molecule has 0 radical (unpaired) electrons. The van der Waals surface area contributed by atoms with E-state index in [0.717, 1.165) is 10.7 Å². The number of nitrogens with two attached hydrogens (primary N) is 1. The molecule has 0 aliphatic heterocycles. The van der Waals surface area contributed by atoms with Gasteiger partial charge in [0.05, 0.1) is 17.1 Å². The second-order valence-electron chi connectivity index (χ2n) is 4.79. The molecule has 0 spiro atoms. The average Bonchev–Trinajstić information content (AvgIpc) is 2.83. The van der Waals surface area contributed by atoms with E-state index in [2.05, 4.69) is 25.4 Å². The highest BCUT2D eigenvalue weighted by atomic mass is 19.4. The summed E-state index contributed by atoms with van der Waals surface area (Å²) >= 11 is 0. The Balaban J connectivity index is 2.10. The van der Waals surface area contributed by atoms with Crippen LogP contribution in [0.1, 0.15) is 10.5 Å². The van der Waals surface area contributed by atoms with Crippen molar-refractivity contribution in [2.45, 2.75) is 12.7 Å². The first kappa shape index (κ1) is 15.6. The molecule has 3 aromatic rings. The highest BCUT2D eigenvalue weighted by molar-refractivity contribution is 5.97. The summed E-state index contributed by atoms with van der Waals surface area (Å²) in [7, 11) is 0. The number of alkyl halides is 3. The van der Waals surface area contributed by atoms with Gasteiger partial charge in [0.2, 0.25) is 0 Å². The summed E-state index contributed by atoms with van der Waals surface area (Å²) in [5, 5.41) is 6.96. The molecule has 0 fully saturated rings. The molecule has 0 aromatic carbocycles. The minimum absolute atomic E-state index is 0.0718. The first-order valence-corrected chi connectivity index (χ1v) is 6.59. The summed E-state index contributed by atoms with van der Waals surface area (Å²) in [6.45, 7) is -1.33. The first-order chi connectivity index (χ1) is 11.3. The number of amides is 1. The summed E-state index contributed by atoms with van der Waals surface area (Å²) in [4.78, 5) is 22.9. The first-order valence-electron chi connectivity index (χ1n) is 6.59. The molecule has 3 heterocycles. The number of nitrogens with zero attached hydrogens (tertiary/aromatic N) is 5. The van der Waals surface area contributed by atoms with E-state index in [1.807, 2.05) is 0 Å². The number of carbonyl (C=O) groups excluding carboxylic acids is 1. The molecule has 8 nitrogen and oxygen atoms in total. The van der Waals surface area contributed by atoms with E-state index in [0.29, 0.717) is 5.82 Å². The van der Waals surface area contributed by atoms with Crippen LogP contribution in [-0.2, 0) is 6.54 Å².